The fourth-order valence-corrected chi connectivity index (χ4v) is 4.96. The van der Waals surface area contributed by atoms with E-state index in [0.717, 1.165) is 18.4 Å². The van der Waals surface area contributed by atoms with Crippen molar-refractivity contribution in [2.75, 3.05) is 12.3 Å². The van der Waals surface area contributed by atoms with Crippen LogP contribution in [-0.2, 0) is 4.79 Å². The van der Waals surface area contributed by atoms with Crippen molar-refractivity contribution in [2.24, 2.45) is 5.92 Å². The average Bonchev–Trinajstić information content (AvgIpc) is 3.54. The molecule has 2 aromatic heterocycles. The molecule has 1 aliphatic carbocycles. The van der Waals surface area contributed by atoms with Gasteiger partial charge in [-0.3, -0.25) is 9.59 Å². The second-order valence-corrected chi connectivity index (χ2v) is 9.63. The predicted octanol–water partition coefficient (Wildman–Crippen LogP) is 3.61. The summed E-state index contributed by atoms with van der Waals surface area (Å²) in [7, 11) is 0. The standard InChI is InChI=1S/C28H30N6O2/c1-4-23(35)33-15-21(14-17(33)2)34-22(13-12-19-10-11-19)24(25-26(29)30-16-31-27(25)34)28(36)32-18(3)20-8-6-5-7-9-20/h4-9,16-19,21H,1,10-11,14-15H2,2-3H3,(H,32,36)(H2,29,30,31)/t17-,18+,21+/m0/s1. The van der Waals surface area contributed by atoms with Crippen molar-refractivity contribution in [3.63, 3.8) is 0 Å². The lowest BCUT2D eigenvalue weighted by Crippen LogP contribution is -2.32. The van der Waals surface area contributed by atoms with Crippen LogP contribution in [0.3, 0.4) is 0 Å². The number of hydrogen-bond donors (Lipinski definition) is 2. The van der Waals surface area contributed by atoms with Crippen molar-refractivity contribution in [3.8, 4) is 11.8 Å². The monoisotopic (exact) mass is 482 g/mol. The van der Waals surface area contributed by atoms with E-state index in [0.29, 0.717) is 41.2 Å². The Hall–Kier alpha value is -4.12. The highest BCUT2D eigenvalue weighted by molar-refractivity contribution is 6.12. The number of aromatic nitrogens is 3. The van der Waals surface area contributed by atoms with Crippen LogP contribution in [0.25, 0.3) is 11.0 Å². The molecule has 2 amide bonds. The molecule has 0 radical (unpaired) electrons. The zero-order valence-electron chi connectivity index (χ0n) is 20.6. The molecular formula is C28H30N6O2. The molecule has 3 heterocycles. The largest absolute Gasteiger partial charge is 0.383 e. The molecule has 184 valence electrons. The zero-order valence-corrected chi connectivity index (χ0v) is 20.6. The van der Waals surface area contributed by atoms with Gasteiger partial charge in [0.05, 0.1) is 23.0 Å². The van der Waals surface area contributed by atoms with E-state index in [-0.39, 0.29) is 35.8 Å². The van der Waals surface area contributed by atoms with E-state index >= 15 is 0 Å². The number of nitrogens with two attached hydrogens (primary N) is 1. The number of fused-ring (bicyclic) bond motifs is 1. The number of nitrogen functional groups attached to an aromatic ring is 1. The van der Waals surface area contributed by atoms with Crippen LogP contribution in [0.2, 0.25) is 0 Å². The van der Waals surface area contributed by atoms with Crippen molar-refractivity contribution in [2.45, 2.75) is 51.2 Å². The number of benzene rings is 1. The highest BCUT2D eigenvalue weighted by Crippen LogP contribution is 2.37. The summed E-state index contributed by atoms with van der Waals surface area (Å²) in [6, 6.07) is 9.46. The smallest absolute Gasteiger partial charge is 0.255 e. The fourth-order valence-electron chi connectivity index (χ4n) is 4.96. The number of rotatable bonds is 5. The molecule has 3 atom stereocenters. The number of nitrogens with zero attached hydrogens (tertiary/aromatic N) is 4. The molecule has 5 rings (SSSR count). The van der Waals surface area contributed by atoms with Crippen molar-refractivity contribution < 1.29 is 9.59 Å². The minimum Gasteiger partial charge on any atom is -0.383 e. The Labute approximate surface area is 210 Å². The first-order valence-corrected chi connectivity index (χ1v) is 12.3. The Morgan fingerprint density at radius 1 is 1.25 bits per heavy atom. The number of carbonyl (C=O) groups is 2. The van der Waals surface area contributed by atoms with Gasteiger partial charge in [0.25, 0.3) is 5.91 Å². The zero-order chi connectivity index (χ0) is 25.4. The topological polar surface area (TPSA) is 106 Å². The van der Waals surface area contributed by atoms with Gasteiger partial charge in [0.2, 0.25) is 5.91 Å². The quantitative estimate of drug-likeness (QED) is 0.427. The number of likely N-dealkylation sites (tertiary alicyclic amines) is 1. The van der Waals surface area contributed by atoms with Crippen LogP contribution in [0.5, 0.6) is 0 Å². The molecule has 0 spiro atoms. The van der Waals surface area contributed by atoms with Crippen LogP contribution in [0.4, 0.5) is 5.82 Å². The molecule has 3 aromatic rings. The Morgan fingerprint density at radius 2 is 2.00 bits per heavy atom. The summed E-state index contributed by atoms with van der Waals surface area (Å²) < 4.78 is 2.00. The summed E-state index contributed by atoms with van der Waals surface area (Å²) in [6.45, 7) is 8.07. The molecule has 8 heteroatoms. The summed E-state index contributed by atoms with van der Waals surface area (Å²) in [4.78, 5) is 36.8. The minimum atomic E-state index is -0.276. The summed E-state index contributed by atoms with van der Waals surface area (Å²) in [5, 5.41) is 3.61. The second kappa shape index (κ2) is 9.50. The van der Waals surface area contributed by atoms with Crippen LogP contribution in [0.15, 0.2) is 49.3 Å². The second-order valence-electron chi connectivity index (χ2n) is 9.63. The normalized spacial score (nSPS) is 20.0. The first-order valence-electron chi connectivity index (χ1n) is 12.3. The maximum absolute atomic E-state index is 13.8. The molecule has 0 unspecified atom stereocenters. The van der Waals surface area contributed by atoms with Crippen molar-refractivity contribution in [1.82, 2.24) is 24.8 Å². The molecule has 1 aliphatic heterocycles. The molecular weight excluding hydrogens is 452 g/mol. The molecule has 1 saturated heterocycles. The van der Waals surface area contributed by atoms with Crippen molar-refractivity contribution in [3.05, 3.63) is 66.1 Å². The van der Waals surface area contributed by atoms with E-state index in [1.807, 2.05) is 48.7 Å². The lowest BCUT2D eigenvalue weighted by molar-refractivity contribution is -0.126. The van der Waals surface area contributed by atoms with Crippen molar-refractivity contribution >= 4 is 28.7 Å². The van der Waals surface area contributed by atoms with Gasteiger partial charge in [0.1, 0.15) is 23.5 Å². The first kappa shape index (κ1) is 23.6. The van der Waals surface area contributed by atoms with Gasteiger partial charge in [-0.15, -0.1) is 0 Å². The third kappa shape index (κ3) is 4.33. The fraction of sp³-hybridized carbons (Fsp3) is 0.357. The van der Waals surface area contributed by atoms with E-state index in [2.05, 4.69) is 33.7 Å². The Bertz CT molecular complexity index is 1400. The molecule has 8 nitrogen and oxygen atoms in total. The molecule has 1 aromatic carbocycles. The first-order chi connectivity index (χ1) is 17.4. The number of anilines is 1. The molecule has 2 aliphatic rings. The van der Waals surface area contributed by atoms with Crippen LogP contribution in [0.1, 0.15) is 66.8 Å². The maximum atomic E-state index is 13.8. The van der Waals surface area contributed by atoms with Gasteiger partial charge in [-0.2, -0.15) is 0 Å². The molecule has 1 saturated carbocycles. The van der Waals surface area contributed by atoms with Crippen LogP contribution in [0, 0.1) is 17.8 Å². The number of nitrogens with one attached hydrogen (secondary N) is 1. The minimum absolute atomic E-state index is 0.0109. The Morgan fingerprint density at radius 3 is 2.69 bits per heavy atom. The summed E-state index contributed by atoms with van der Waals surface area (Å²) in [5.41, 5.74) is 8.86. The number of carbonyl (C=O) groups excluding carboxylic acids is 2. The summed E-state index contributed by atoms with van der Waals surface area (Å²) >= 11 is 0. The van der Waals surface area contributed by atoms with Gasteiger partial charge in [-0.25, -0.2) is 9.97 Å². The van der Waals surface area contributed by atoms with Gasteiger partial charge in [-0.05, 0) is 50.7 Å². The highest BCUT2D eigenvalue weighted by atomic mass is 16.2. The SMILES string of the molecule is C=CC(=O)N1C[C@H](n2c(C#CC3CC3)c(C(=O)N[C@H](C)c3ccccc3)c3c(N)ncnc32)C[C@@H]1C. The molecule has 2 fully saturated rings. The van der Waals surface area contributed by atoms with Gasteiger partial charge in [-0.1, -0.05) is 42.8 Å². The van der Waals surface area contributed by atoms with E-state index in [4.69, 9.17) is 5.73 Å². The van der Waals surface area contributed by atoms with Crippen LogP contribution < -0.4 is 11.1 Å². The number of hydrogen-bond acceptors (Lipinski definition) is 5. The van der Waals surface area contributed by atoms with E-state index < -0.39 is 0 Å². The Balaban J connectivity index is 1.63. The lowest BCUT2D eigenvalue weighted by atomic mass is 10.1. The van der Waals surface area contributed by atoms with E-state index in [1.165, 1.54) is 12.4 Å². The summed E-state index contributed by atoms with van der Waals surface area (Å²) in [6.07, 6.45) is 5.57. The van der Waals surface area contributed by atoms with Gasteiger partial charge in [0.15, 0.2) is 0 Å². The van der Waals surface area contributed by atoms with Gasteiger partial charge < -0.3 is 20.5 Å². The average molecular weight is 483 g/mol. The molecule has 36 heavy (non-hydrogen) atoms. The Kier molecular flexibility index (Phi) is 6.23. The number of amides is 2. The third-order valence-corrected chi connectivity index (χ3v) is 7.03. The highest BCUT2D eigenvalue weighted by Gasteiger charge is 2.37. The van der Waals surface area contributed by atoms with Crippen LogP contribution >= 0.6 is 0 Å². The molecule has 3 N–H and O–H groups in total. The maximum Gasteiger partial charge on any atom is 0.255 e. The molecule has 0 bridgehead atoms. The van der Waals surface area contributed by atoms with Crippen LogP contribution in [-0.4, -0.2) is 43.8 Å². The summed E-state index contributed by atoms with van der Waals surface area (Å²) in [5.74, 6) is 6.80. The third-order valence-electron chi connectivity index (χ3n) is 7.03. The van der Waals surface area contributed by atoms with Gasteiger partial charge >= 0.3 is 0 Å². The van der Waals surface area contributed by atoms with E-state index in [9.17, 15) is 9.59 Å². The van der Waals surface area contributed by atoms with E-state index in [1.54, 1.807) is 4.90 Å². The van der Waals surface area contributed by atoms with Gasteiger partial charge in [0, 0.05) is 18.5 Å². The van der Waals surface area contributed by atoms with Crippen molar-refractivity contribution in [1.29, 1.82) is 0 Å². The lowest BCUT2D eigenvalue weighted by Gasteiger charge is -2.19. The predicted molar refractivity (Wildman–Crippen MR) is 139 cm³/mol.